The summed E-state index contributed by atoms with van der Waals surface area (Å²) in [6.45, 7) is 5.71. The van der Waals surface area contributed by atoms with Gasteiger partial charge in [-0.3, -0.25) is 0 Å². The van der Waals surface area contributed by atoms with Crippen LogP contribution in [0, 0.1) is 20.8 Å². The normalized spacial score (nSPS) is 11.0. The number of aromatic nitrogens is 2. The standard InChI is InChI=1S/C16H14ClN3O2S/c1-7-4-8(2)12(10(17)5-7)20-14-11-9(3)13(16(21)22)23-15(11)19-6-18-14/h4-6H,1-3H3,(H,21,22)(H,18,19,20). The molecule has 5 nitrogen and oxygen atoms in total. The third kappa shape index (κ3) is 2.75. The fourth-order valence-corrected chi connectivity index (χ4v) is 3.92. The number of anilines is 2. The predicted molar refractivity (Wildman–Crippen MR) is 93.3 cm³/mol. The van der Waals surface area contributed by atoms with Crippen molar-refractivity contribution in [1.82, 2.24) is 9.97 Å². The number of carboxylic acid groups (broad SMARTS) is 1. The zero-order chi connectivity index (χ0) is 16.7. The van der Waals surface area contributed by atoms with Crippen LogP contribution < -0.4 is 5.32 Å². The minimum Gasteiger partial charge on any atom is -0.477 e. The van der Waals surface area contributed by atoms with Gasteiger partial charge < -0.3 is 10.4 Å². The van der Waals surface area contributed by atoms with Crippen molar-refractivity contribution in [3.05, 3.63) is 45.1 Å². The van der Waals surface area contributed by atoms with Crippen molar-refractivity contribution in [2.75, 3.05) is 5.32 Å². The molecule has 0 spiro atoms. The number of hydrogen-bond donors (Lipinski definition) is 2. The Morgan fingerprint density at radius 2 is 2.00 bits per heavy atom. The number of nitrogens with zero attached hydrogens (tertiary/aromatic N) is 2. The zero-order valence-electron chi connectivity index (χ0n) is 12.8. The van der Waals surface area contributed by atoms with Crippen LogP contribution in [0.2, 0.25) is 5.02 Å². The van der Waals surface area contributed by atoms with E-state index in [1.165, 1.54) is 6.33 Å². The van der Waals surface area contributed by atoms with Gasteiger partial charge in [0.2, 0.25) is 0 Å². The van der Waals surface area contributed by atoms with Gasteiger partial charge in [0, 0.05) is 0 Å². The first-order chi connectivity index (χ1) is 10.9. The smallest absolute Gasteiger partial charge is 0.346 e. The number of thiophene rings is 1. The van der Waals surface area contributed by atoms with Crippen LogP contribution in [0.15, 0.2) is 18.5 Å². The molecule has 0 aliphatic heterocycles. The molecule has 23 heavy (non-hydrogen) atoms. The summed E-state index contributed by atoms with van der Waals surface area (Å²) in [5.41, 5.74) is 3.49. The van der Waals surface area contributed by atoms with E-state index in [-0.39, 0.29) is 4.88 Å². The Balaban J connectivity index is 2.16. The lowest BCUT2D eigenvalue weighted by Crippen LogP contribution is -1.99. The highest BCUT2D eigenvalue weighted by Gasteiger charge is 2.19. The van der Waals surface area contributed by atoms with Gasteiger partial charge in [0.1, 0.15) is 21.9 Å². The summed E-state index contributed by atoms with van der Waals surface area (Å²) in [5, 5.41) is 13.8. The van der Waals surface area contributed by atoms with Crippen LogP contribution >= 0.6 is 22.9 Å². The number of carbonyl (C=O) groups is 1. The maximum absolute atomic E-state index is 11.3. The summed E-state index contributed by atoms with van der Waals surface area (Å²) in [6, 6.07) is 3.90. The van der Waals surface area contributed by atoms with Gasteiger partial charge in [-0.15, -0.1) is 11.3 Å². The largest absolute Gasteiger partial charge is 0.477 e. The van der Waals surface area contributed by atoms with Crippen LogP contribution in [0.5, 0.6) is 0 Å². The van der Waals surface area contributed by atoms with Crippen LogP contribution in [0.25, 0.3) is 10.2 Å². The first-order valence-corrected chi connectivity index (χ1v) is 8.09. The molecule has 0 fully saturated rings. The number of nitrogens with one attached hydrogen (secondary N) is 1. The van der Waals surface area contributed by atoms with E-state index < -0.39 is 5.97 Å². The van der Waals surface area contributed by atoms with Crippen molar-refractivity contribution in [1.29, 1.82) is 0 Å². The minimum atomic E-state index is -0.957. The molecule has 2 aromatic heterocycles. The number of hydrogen-bond acceptors (Lipinski definition) is 5. The molecule has 0 bridgehead atoms. The van der Waals surface area contributed by atoms with Gasteiger partial charge in [0.05, 0.1) is 16.1 Å². The van der Waals surface area contributed by atoms with Crippen molar-refractivity contribution in [3.63, 3.8) is 0 Å². The number of aromatic carboxylic acids is 1. The maximum atomic E-state index is 11.3. The third-order valence-corrected chi connectivity index (χ3v) is 5.08. The van der Waals surface area contributed by atoms with Crippen LogP contribution in [-0.4, -0.2) is 21.0 Å². The Bertz CT molecular complexity index is 913. The summed E-state index contributed by atoms with van der Waals surface area (Å²) < 4.78 is 0. The van der Waals surface area contributed by atoms with Gasteiger partial charge in [-0.25, -0.2) is 14.8 Å². The molecule has 0 aliphatic carbocycles. The molecule has 3 rings (SSSR count). The van der Waals surface area contributed by atoms with Crippen LogP contribution in [0.1, 0.15) is 26.4 Å². The van der Waals surface area contributed by atoms with Crippen molar-refractivity contribution in [3.8, 4) is 0 Å². The lowest BCUT2D eigenvalue weighted by Gasteiger charge is -2.13. The van der Waals surface area contributed by atoms with E-state index >= 15 is 0 Å². The van der Waals surface area contributed by atoms with Crippen LogP contribution in [-0.2, 0) is 0 Å². The molecule has 2 heterocycles. The highest BCUT2D eigenvalue weighted by molar-refractivity contribution is 7.20. The Morgan fingerprint density at radius 3 is 2.65 bits per heavy atom. The molecular weight excluding hydrogens is 334 g/mol. The highest BCUT2D eigenvalue weighted by Crippen LogP contribution is 2.36. The molecule has 3 aromatic rings. The lowest BCUT2D eigenvalue weighted by molar-refractivity contribution is 0.0701. The fourth-order valence-electron chi connectivity index (χ4n) is 2.56. The van der Waals surface area contributed by atoms with Crippen molar-refractivity contribution in [2.24, 2.45) is 0 Å². The monoisotopic (exact) mass is 347 g/mol. The first-order valence-electron chi connectivity index (χ1n) is 6.89. The predicted octanol–water partition coefficient (Wildman–Crippen LogP) is 4.71. The second-order valence-electron chi connectivity index (χ2n) is 5.33. The number of fused-ring (bicyclic) bond motifs is 1. The van der Waals surface area contributed by atoms with E-state index in [0.29, 0.717) is 26.6 Å². The molecular formula is C16H14ClN3O2S. The van der Waals surface area contributed by atoms with Gasteiger partial charge in [-0.05, 0) is 43.5 Å². The maximum Gasteiger partial charge on any atom is 0.346 e. The van der Waals surface area contributed by atoms with Gasteiger partial charge in [0.15, 0.2) is 0 Å². The molecule has 0 amide bonds. The molecule has 0 unspecified atom stereocenters. The van der Waals surface area contributed by atoms with Gasteiger partial charge in [-0.1, -0.05) is 17.7 Å². The molecule has 7 heteroatoms. The van der Waals surface area contributed by atoms with E-state index in [1.54, 1.807) is 6.92 Å². The molecule has 0 aliphatic rings. The summed E-state index contributed by atoms with van der Waals surface area (Å²) in [6.07, 6.45) is 1.42. The Morgan fingerprint density at radius 1 is 1.26 bits per heavy atom. The first kappa shape index (κ1) is 15.7. The Hall–Kier alpha value is -2.18. The van der Waals surface area contributed by atoms with Crippen molar-refractivity contribution < 1.29 is 9.90 Å². The SMILES string of the molecule is Cc1cc(C)c(Nc2ncnc3sc(C(=O)O)c(C)c23)c(Cl)c1. The van der Waals surface area contributed by atoms with E-state index in [4.69, 9.17) is 11.6 Å². The number of benzene rings is 1. The summed E-state index contributed by atoms with van der Waals surface area (Å²) in [5.74, 6) is -0.397. The highest BCUT2D eigenvalue weighted by atomic mass is 35.5. The van der Waals surface area contributed by atoms with Gasteiger partial charge in [0.25, 0.3) is 0 Å². The molecule has 0 saturated carbocycles. The number of rotatable bonds is 3. The summed E-state index contributed by atoms with van der Waals surface area (Å²) in [4.78, 5) is 20.7. The van der Waals surface area contributed by atoms with Crippen molar-refractivity contribution in [2.45, 2.75) is 20.8 Å². The Labute approximate surface area is 142 Å². The molecule has 0 radical (unpaired) electrons. The number of halogens is 1. The van der Waals surface area contributed by atoms with E-state index in [9.17, 15) is 9.90 Å². The van der Waals surface area contributed by atoms with Crippen molar-refractivity contribution >= 4 is 50.6 Å². The van der Waals surface area contributed by atoms with E-state index in [1.807, 2.05) is 26.0 Å². The quantitative estimate of drug-likeness (QED) is 0.717. The average molecular weight is 348 g/mol. The second-order valence-corrected chi connectivity index (χ2v) is 6.73. The van der Waals surface area contributed by atoms with Crippen LogP contribution in [0.4, 0.5) is 11.5 Å². The zero-order valence-corrected chi connectivity index (χ0v) is 14.3. The topological polar surface area (TPSA) is 75.1 Å². The van der Waals surface area contributed by atoms with E-state index in [2.05, 4.69) is 15.3 Å². The van der Waals surface area contributed by atoms with E-state index in [0.717, 1.165) is 28.2 Å². The van der Waals surface area contributed by atoms with Crippen LogP contribution in [0.3, 0.4) is 0 Å². The fraction of sp³-hybridized carbons (Fsp3) is 0.188. The number of carboxylic acids is 1. The minimum absolute atomic E-state index is 0.273. The molecule has 2 N–H and O–H groups in total. The third-order valence-electron chi connectivity index (χ3n) is 3.60. The van der Waals surface area contributed by atoms with Gasteiger partial charge >= 0.3 is 5.97 Å². The molecule has 0 saturated heterocycles. The molecule has 1 aromatic carbocycles. The molecule has 118 valence electrons. The van der Waals surface area contributed by atoms with Gasteiger partial charge in [-0.2, -0.15) is 0 Å². The second kappa shape index (κ2) is 5.79. The molecule has 0 atom stereocenters. The Kier molecular flexibility index (Phi) is 3.95. The number of aryl methyl sites for hydroxylation is 3. The summed E-state index contributed by atoms with van der Waals surface area (Å²) in [7, 11) is 0. The lowest BCUT2D eigenvalue weighted by atomic mass is 10.1. The average Bonchev–Trinajstić information content (AvgIpc) is 2.81. The summed E-state index contributed by atoms with van der Waals surface area (Å²) >= 11 is 7.48.